The van der Waals surface area contributed by atoms with Crippen LogP contribution in [0.2, 0.25) is 0 Å². The molecule has 7 nitrogen and oxygen atoms in total. The molecule has 26 heavy (non-hydrogen) atoms. The predicted molar refractivity (Wildman–Crippen MR) is 99.8 cm³/mol. The summed E-state index contributed by atoms with van der Waals surface area (Å²) in [6.45, 7) is 7.90. The van der Waals surface area contributed by atoms with Gasteiger partial charge in [-0.1, -0.05) is 23.8 Å². The molecule has 0 atom stereocenters. The molecule has 3 rings (SSSR count). The highest BCUT2D eigenvalue weighted by atomic mass is 16.6. The third-order valence-corrected chi connectivity index (χ3v) is 4.14. The monoisotopic (exact) mass is 349 g/mol. The van der Waals surface area contributed by atoms with Crippen LogP contribution in [0.15, 0.2) is 52.7 Å². The minimum absolute atomic E-state index is 0.0131. The van der Waals surface area contributed by atoms with Gasteiger partial charge in [0.2, 0.25) is 0 Å². The standard InChI is InChI=1S/C19H19N5O2/c1-12-8-9-18(13(2)10-12)23-15(4)19(14(3)22-23)21-20-16-6-5-7-17(11-16)24(25)26/h5-11H,1-4H3. The topological polar surface area (TPSA) is 85.7 Å². The van der Waals surface area contributed by atoms with E-state index in [0.29, 0.717) is 11.4 Å². The Morgan fingerprint density at radius 2 is 1.81 bits per heavy atom. The molecule has 2 aromatic carbocycles. The second-order valence-corrected chi connectivity index (χ2v) is 6.20. The molecule has 1 heterocycles. The van der Waals surface area contributed by atoms with Crippen molar-refractivity contribution in [1.82, 2.24) is 9.78 Å². The van der Waals surface area contributed by atoms with Crippen LogP contribution in [-0.2, 0) is 0 Å². The number of non-ortho nitro benzene ring substituents is 1. The lowest BCUT2D eigenvalue weighted by molar-refractivity contribution is -0.384. The highest BCUT2D eigenvalue weighted by molar-refractivity contribution is 5.53. The van der Waals surface area contributed by atoms with Gasteiger partial charge in [-0.15, -0.1) is 5.11 Å². The van der Waals surface area contributed by atoms with Gasteiger partial charge in [-0.2, -0.15) is 10.2 Å². The van der Waals surface area contributed by atoms with Crippen molar-refractivity contribution in [3.63, 3.8) is 0 Å². The number of nitro benzene ring substituents is 1. The molecule has 0 radical (unpaired) electrons. The summed E-state index contributed by atoms with van der Waals surface area (Å²) in [6.07, 6.45) is 0. The number of nitrogens with zero attached hydrogens (tertiary/aromatic N) is 5. The summed E-state index contributed by atoms with van der Waals surface area (Å²) in [5, 5.41) is 23.9. The third kappa shape index (κ3) is 3.37. The van der Waals surface area contributed by atoms with Gasteiger partial charge in [0, 0.05) is 12.1 Å². The average molecular weight is 349 g/mol. The zero-order chi connectivity index (χ0) is 18.8. The predicted octanol–water partition coefficient (Wildman–Crippen LogP) is 5.43. The third-order valence-electron chi connectivity index (χ3n) is 4.14. The van der Waals surface area contributed by atoms with E-state index in [0.717, 1.165) is 22.6 Å². The van der Waals surface area contributed by atoms with Crippen molar-refractivity contribution in [3.05, 3.63) is 75.1 Å². The van der Waals surface area contributed by atoms with Crippen LogP contribution in [0, 0.1) is 37.8 Å². The summed E-state index contributed by atoms with van der Waals surface area (Å²) < 4.78 is 1.85. The number of benzene rings is 2. The minimum Gasteiger partial charge on any atom is -0.258 e. The summed E-state index contributed by atoms with van der Waals surface area (Å²) >= 11 is 0. The van der Waals surface area contributed by atoms with Gasteiger partial charge in [-0.05, 0) is 45.4 Å². The molecule has 0 N–H and O–H groups in total. The molecule has 0 aliphatic heterocycles. The molecule has 3 aromatic rings. The molecule has 0 fully saturated rings. The van der Waals surface area contributed by atoms with Crippen molar-refractivity contribution in [2.45, 2.75) is 27.7 Å². The van der Waals surface area contributed by atoms with Gasteiger partial charge in [-0.25, -0.2) is 4.68 Å². The van der Waals surface area contributed by atoms with Gasteiger partial charge >= 0.3 is 0 Å². The summed E-state index contributed by atoms with van der Waals surface area (Å²) in [5.41, 5.74) is 6.00. The van der Waals surface area contributed by atoms with E-state index in [1.807, 2.05) is 37.6 Å². The van der Waals surface area contributed by atoms with E-state index < -0.39 is 4.92 Å². The van der Waals surface area contributed by atoms with Gasteiger partial charge in [0.25, 0.3) is 5.69 Å². The molecule has 0 aliphatic carbocycles. The molecule has 7 heteroatoms. The molecule has 132 valence electrons. The Hall–Kier alpha value is -3.35. The molecule has 0 aliphatic rings. The van der Waals surface area contributed by atoms with Crippen molar-refractivity contribution in [3.8, 4) is 5.69 Å². The van der Waals surface area contributed by atoms with Gasteiger partial charge in [-0.3, -0.25) is 10.1 Å². The summed E-state index contributed by atoms with van der Waals surface area (Å²) in [4.78, 5) is 10.4. The lowest BCUT2D eigenvalue weighted by Crippen LogP contribution is -2.01. The normalized spacial score (nSPS) is 11.2. The Morgan fingerprint density at radius 3 is 2.50 bits per heavy atom. The fraction of sp³-hybridized carbons (Fsp3) is 0.211. The summed E-state index contributed by atoms with van der Waals surface area (Å²) in [7, 11) is 0. The number of aryl methyl sites for hydroxylation is 3. The molecule has 0 unspecified atom stereocenters. The molecule has 0 saturated carbocycles. The Labute approximate surface area is 151 Å². The number of hydrogen-bond acceptors (Lipinski definition) is 5. The molecule has 0 bridgehead atoms. The maximum Gasteiger partial charge on any atom is 0.271 e. The first-order valence-corrected chi connectivity index (χ1v) is 8.17. The fourth-order valence-corrected chi connectivity index (χ4v) is 2.83. The van der Waals surface area contributed by atoms with Gasteiger partial charge in [0.05, 0.1) is 27.7 Å². The van der Waals surface area contributed by atoms with Crippen LogP contribution in [0.1, 0.15) is 22.5 Å². The first kappa shape index (κ1) is 17.5. The van der Waals surface area contributed by atoms with Gasteiger partial charge < -0.3 is 0 Å². The maximum absolute atomic E-state index is 10.9. The second-order valence-electron chi connectivity index (χ2n) is 6.20. The number of azo groups is 1. The van der Waals surface area contributed by atoms with Crippen molar-refractivity contribution in [2.24, 2.45) is 10.2 Å². The molecule has 0 saturated heterocycles. The number of nitro groups is 1. The minimum atomic E-state index is -0.451. The van der Waals surface area contributed by atoms with Crippen LogP contribution < -0.4 is 0 Å². The van der Waals surface area contributed by atoms with Crippen LogP contribution in [-0.4, -0.2) is 14.7 Å². The Kier molecular flexibility index (Phi) is 4.62. The quantitative estimate of drug-likeness (QED) is 0.357. The van der Waals surface area contributed by atoms with Gasteiger partial charge in [0.1, 0.15) is 5.69 Å². The van der Waals surface area contributed by atoms with Crippen LogP contribution in [0.4, 0.5) is 17.1 Å². The lowest BCUT2D eigenvalue weighted by atomic mass is 10.1. The van der Waals surface area contributed by atoms with Crippen LogP contribution in [0.3, 0.4) is 0 Å². The zero-order valence-corrected chi connectivity index (χ0v) is 15.1. The van der Waals surface area contributed by atoms with E-state index >= 15 is 0 Å². The highest BCUT2D eigenvalue weighted by Gasteiger charge is 2.14. The Morgan fingerprint density at radius 1 is 1.04 bits per heavy atom. The Balaban J connectivity index is 1.98. The van der Waals surface area contributed by atoms with E-state index in [1.165, 1.54) is 17.7 Å². The molecular formula is C19H19N5O2. The molecule has 1 aromatic heterocycles. The molecular weight excluding hydrogens is 330 g/mol. The SMILES string of the molecule is Cc1ccc(-n2nc(C)c(N=Nc3cccc([N+](=O)[O-])c3)c2C)c(C)c1. The van der Waals surface area contributed by atoms with Crippen molar-refractivity contribution < 1.29 is 4.92 Å². The highest BCUT2D eigenvalue weighted by Crippen LogP contribution is 2.29. The first-order chi connectivity index (χ1) is 12.4. The summed E-state index contributed by atoms with van der Waals surface area (Å²) in [6, 6.07) is 12.3. The second kappa shape index (κ2) is 6.87. The maximum atomic E-state index is 10.9. The molecule has 0 amide bonds. The van der Waals surface area contributed by atoms with E-state index in [1.54, 1.807) is 12.1 Å². The number of rotatable bonds is 4. The largest absolute Gasteiger partial charge is 0.271 e. The van der Waals surface area contributed by atoms with Gasteiger partial charge in [0.15, 0.2) is 0 Å². The van der Waals surface area contributed by atoms with Crippen molar-refractivity contribution >= 4 is 17.1 Å². The van der Waals surface area contributed by atoms with Crippen LogP contribution in [0.25, 0.3) is 5.69 Å². The van der Waals surface area contributed by atoms with Crippen molar-refractivity contribution in [1.29, 1.82) is 0 Å². The summed E-state index contributed by atoms with van der Waals surface area (Å²) in [5.74, 6) is 0. The number of aromatic nitrogens is 2. The Bertz CT molecular complexity index is 1020. The van der Waals surface area contributed by atoms with Crippen LogP contribution in [0.5, 0.6) is 0 Å². The first-order valence-electron chi connectivity index (χ1n) is 8.17. The van der Waals surface area contributed by atoms with E-state index in [2.05, 4.69) is 28.3 Å². The average Bonchev–Trinajstić information content (AvgIpc) is 2.87. The van der Waals surface area contributed by atoms with E-state index in [9.17, 15) is 10.1 Å². The lowest BCUT2D eigenvalue weighted by Gasteiger charge is -2.08. The number of hydrogen-bond donors (Lipinski definition) is 0. The zero-order valence-electron chi connectivity index (χ0n) is 15.1. The van der Waals surface area contributed by atoms with E-state index in [4.69, 9.17) is 0 Å². The smallest absolute Gasteiger partial charge is 0.258 e. The van der Waals surface area contributed by atoms with Crippen molar-refractivity contribution in [2.75, 3.05) is 0 Å². The van der Waals surface area contributed by atoms with E-state index in [-0.39, 0.29) is 5.69 Å². The van der Waals surface area contributed by atoms with Crippen LogP contribution >= 0.6 is 0 Å². The fourth-order valence-electron chi connectivity index (χ4n) is 2.83. The molecule has 0 spiro atoms.